The average molecular weight is 447 g/mol. The van der Waals surface area contributed by atoms with Gasteiger partial charge in [-0.25, -0.2) is 4.98 Å². The number of benzene rings is 1. The molecule has 8 heteroatoms. The molecule has 5 rings (SSSR count). The van der Waals surface area contributed by atoms with Gasteiger partial charge in [0.15, 0.2) is 0 Å². The second-order valence-electron chi connectivity index (χ2n) is 9.62. The second kappa shape index (κ2) is 7.61. The number of alkyl halides is 3. The van der Waals surface area contributed by atoms with Crippen molar-refractivity contribution in [3.05, 3.63) is 46.5 Å². The molecule has 2 aliphatic heterocycles. The van der Waals surface area contributed by atoms with Crippen molar-refractivity contribution in [3.63, 3.8) is 0 Å². The number of nitrogens with zero attached hydrogens (tertiary/aromatic N) is 3. The zero-order chi connectivity index (χ0) is 22.7. The number of carbonyl (C=O) groups excluding carboxylic acids is 1. The maximum absolute atomic E-state index is 13.7. The van der Waals surface area contributed by atoms with Gasteiger partial charge >= 0.3 is 6.18 Å². The number of halogens is 3. The summed E-state index contributed by atoms with van der Waals surface area (Å²) < 4.78 is 40.2. The summed E-state index contributed by atoms with van der Waals surface area (Å²) in [5, 5.41) is 3.28. The van der Waals surface area contributed by atoms with Crippen LogP contribution in [0.1, 0.15) is 67.4 Å². The lowest BCUT2D eigenvalue weighted by molar-refractivity contribution is -0.136. The summed E-state index contributed by atoms with van der Waals surface area (Å²) in [7, 11) is 0. The summed E-state index contributed by atoms with van der Waals surface area (Å²) >= 11 is 0. The highest BCUT2D eigenvalue weighted by molar-refractivity contribution is 6.09. The lowest BCUT2D eigenvalue weighted by atomic mass is 9.73. The molecule has 0 bridgehead atoms. The maximum Gasteiger partial charge on any atom is 0.389 e. The number of aryl methyl sites for hydroxylation is 1. The van der Waals surface area contributed by atoms with Crippen LogP contribution in [0.3, 0.4) is 0 Å². The minimum Gasteiger partial charge on any atom is -0.330 e. The molecular formula is C24H29F3N4O. The third-order valence-electron chi connectivity index (χ3n) is 7.18. The van der Waals surface area contributed by atoms with Gasteiger partial charge in [-0.15, -0.1) is 0 Å². The van der Waals surface area contributed by atoms with E-state index in [1.54, 1.807) is 0 Å². The largest absolute Gasteiger partial charge is 0.389 e. The lowest BCUT2D eigenvalue weighted by Gasteiger charge is -2.39. The zero-order valence-corrected chi connectivity index (χ0v) is 18.6. The Bertz CT molecular complexity index is 1050. The van der Waals surface area contributed by atoms with Crippen molar-refractivity contribution in [1.29, 1.82) is 0 Å². The number of imidazole rings is 1. The Kier molecular flexibility index (Phi) is 5.11. The van der Waals surface area contributed by atoms with Gasteiger partial charge in [0.25, 0.3) is 0 Å². The fourth-order valence-corrected chi connectivity index (χ4v) is 5.58. The summed E-state index contributed by atoms with van der Waals surface area (Å²) in [4.78, 5) is 20.3. The molecule has 1 aromatic heterocycles. The number of fused-ring (bicyclic) bond motifs is 3. The summed E-state index contributed by atoms with van der Waals surface area (Å²) in [5.41, 5.74) is 4.72. The van der Waals surface area contributed by atoms with Crippen molar-refractivity contribution < 1.29 is 18.0 Å². The zero-order valence-electron chi connectivity index (χ0n) is 18.6. The lowest BCUT2D eigenvalue weighted by Crippen LogP contribution is -2.62. The minimum atomic E-state index is -4.16. The number of nitrogens with one attached hydrogen (secondary N) is 1. The van der Waals surface area contributed by atoms with E-state index in [1.807, 2.05) is 21.6 Å². The van der Waals surface area contributed by atoms with Gasteiger partial charge in [-0.2, -0.15) is 13.2 Å². The average Bonchev–Trinajstić information content (AvgIpc) is 3.33. The molecule has 2 aromatic rings. The standard InChI is InChI=1S/C24H29F3N4O/c1-15(2)16-6-3-9-19-21(16)23(13-28-14-23)22(32)31(19)12-20-29-17-7-4-8-18(17)30(20)11-5-10-24(25,26)27/h3,6,9,15,28H,4-5,7-8,10-14H2,1-2H3. The highest BCUT2D eigenvalue weighted by atomic mass is 19.4. The first-order valence-corrected chi connectivity index (χ1v) is 11.5. The summed E-state index contributed by atoms with van der Waals surface area (Å²) in [5.74, 6) is 1.07. The van der Waals surface area contributed by atoms with Crippen LogP contribution in [0.4, 0.5) is 18.9 Å². The third-order valence-corrected chi connectivity index (χ3v) is 7.18. The van der Waals surface area contributed by atoms with Crippen LogP contribution in [-0.4, -0.2) is 34.7 Å². The van der Waals surface area contributed by atoms with E-state index in [4.69, 9.17) is 4.98 Å². The van der Waals surface area contributed by atoms with Gasteiger partial charge in [-0.05, 0) is 48.8 Å². The maximum atomic E-state index is 13.7. The molecule has 1 spiro atoms. The molecule has 0 radical (unpaired) electrons. The van der Waals surface area contributed by atoms with E-state index in [-0.39, 0.29) is 18.9 Å². The molecular weight excluding hydrogens is 417 g/mol. The molecule has 0 unspecified atom stereocenters. The predicted octanol–water partition coefficient (Wildman–Crippen LogP) is 4.23. The Balaban J connectivity index is 1.49. The summed E-state index contributed by atoms with van der Waals surface area (Å²) in [6.45, 7) is 6.10. The normalized spacial score (nSPS) is 19.1. The van der Waals surface area contributed by atoms with Crippen LogP contribution in [-0.2, 0) is 36.1 Å². The van der Waals surface area contributed by atoms with E-state index in [9.17, 15) is 18.0 Å². The topological polar surface area (TPSA) is 50.2 Å². The molecule has 3 aliphatic rings. The second-order valence-corrected chi connectivity index (χ2v) is 9.62. The first-order valence-electron chi connectivity index (χ1n) is 11.5. The van der Waals surface area contributed by atoms with Crippen LogP contribution in [0.15, 0.2) is 18.2 Å². The first kappa shape index (κ1) is 21.5. The van der Waals surface area contributed by atoms with E-state index in [1.165, 1.54) is 5.56 Å². The minimum absolute atomic E-state index is 0.0230. The Labute approximate surface area is 186 Å². The fraction of sp³-hybridized carbons (Fsp3) is 0.583. The Morgan fingerprint density at radius 1 is 1.22 bits per heavy atom. The highest BCUT2D eigenvalue weighted by Crippen LogP contribution is 2.48. The smallest absolute Gasteiger partial charge is 0.330 e. The van der Waals surface area contributed by atoms with Crippen LogP contribution in [0.2, 0.25) is 0 Å². The quantitative estimate of drug-likeness (QED) is 0.723. The first-order chi connectivity index (χ1) is 15.2. The molecule has 1 saturated heterocycles. The molecule has 0 saturated carbocycles. The molecule has 1 N–H and O–H groups in total. The van der Waals surface area contributed by atoms with Crippen LogP contribution in [0.5, 0.6) is 0 Å². The third kappa shape index (κ3) is 3.34. The molecule has 3 heterocycles. The summed E-state index contributed by atoms with van der Waals surface area (Å²) in [6, 6.07) is 6.10. The number of amides is 1. The molecule has 1 aliphatic carbocycles. The van der Waals surface area contributed by atoms with Crippen molar-refractivity contribution in [2.75, 3.05) is 18.0 Å². The van der Waals surface area contributed by atoms with Gasteiger partial charge in [0.05, 0.1) is 12.2 Å². The molecule has 1 amide bonds. The Morgan fingerprint density at radius 2 is 2.00 bits per heavy atom. The Hall–Kier alpha value is -2.35. The molecule has 5 nitrogen and oxygen atoms in total. The van der Waals surface area contributed by atoms with Crippen molar-refractivity contribution >= 4 is 11.6 Å². The number of aromatic nitrogens is 2. The van der Waals surface area contributed by atoms with Gasteiger partial charge in [-0.3, -0.25) is 4.79 Å². The fourth-order valence-electron chi connectivity index (χ4n) is 5.58. The van der Waals surface area contributed by atoms with Crippen molar-refractivity contribution in [2.45, 2.75) is 76.6 Å². The molecule has 32 heavy (non-hydrogen) atoms. The van der Waals surface area contributed by atoms with Crippen LogP contribution in [0, 0.1) is 0 Å². The van der Waals surface area contributed by atoms with E-state index in [0.29, 0.717) is 31.4 Å². The number of hydrogen-bond acceptors (Lipinski definition) is 3. The highest BCUT2D eigenvalue weighted by Gasteiger charge is 2.56. The van der Waals surface area contributed by atoms with E-state index in [2.05, 4.69) is 25.2 Å². The SMILES string of the molecule is CC(C)c1cccc2c1C1(CNC1)C(=O)N2Cc1nc2c(n1CCCC(F)(F)F)CCC2. The molecule has 1 aromatic carbocycles. The number of rotatable bonds is 6. The van der Waals surface area contributed by atoms with E-state index in [0.717, 1.165) is 41.9 Å². The number of hydrogen-bond donors (Lipinski definition) is 1. The van der Waals surface area contributed by atoms with Crippen molar-refractivity contribution in [3.8, 4) is 0 Å². The van der Waals surface area contributed by atoms with Gasteiger partial charge < -0.3 is 14.8 Å². The van der Waals surface area contributed by atoms with Crippen LogP contribution < -0.4 is 10.2 Å². The van der Waals surface area contributed by atoms with Gasteiger partial charge in [-0.1, -0.05) is 26.0 Å². The van der Waals surface area contributed by atoms with Gasteiger partial charge in [0.2, 0.25) is 5.91 Å². The van der Waals surface area contributed by atoms with Crippen molar-refractivity contribution in [2.24, 2.45) is 0 Å². The number of carbonyl (C=O) groups is 1. The van der Waals surface area contributed by atoms with Crippen LogP contribution >= 0.6 is 0 Å². The Morgan fingerprint density at radius 3 is 2.66 bits per heavy atom. The van der Waals surface area contributed by atoms with Gasteiger partial charge in [0, 0.05) is 37.4 Å². The van der Waals surface area contributed by atoms with E-state index < -0.39 is 18.0 Å². The van der Waals surface area contributed by atoms with Gasteiger partial charge in [0.1, 0.15) is 11.2 Å². The van der Waals surface area contributed by atoms with E-state index >= 15 is 0 Å². The molecule has 172 valence electrons. The molecule has 0 atom stereocenters. The van der Waals surface area contributed by atoms with Crippen molar-refractivity contribution in [1.82, 2.24) is 14.9 Å². The number of anilines is 1. The summed E-state index contributed by atoms with van der Waals surface area (Å²) in [6.07, 6.45) is -2.28. The predicted molar refractivity (Wildman–Crippen MR) is 116 cm³/mol. The molecule has 1 fully saturated rings. The monoisotopic (exact) mass is 446 g/mol. The van der Waals surface area contributed by atoms with Crippen LogP contribution in [0.25, 0.3) is 0 Å².